The molecule has 2 unspecified atom stereocenters. The van der Waals surface area contributed by atoms with Crippen LogP contribution in [0.25, 0.3) is 0 Å². The van der Waals surface area contributed by atoms with E-state index in [1.165, 1.54) is 48.5 Å². The van der Waals surface area contributed by atoms with E-state index in [0.717, 1.165) is 44.6 Å². The Bertz CT molecular complexity index is 1330. The van der Waals surface area contributed by atoms with Gasteiger partial charge in [0, 0.05) is 56.4 Å². The van der Waals surface area contributed by atoms with Crippen LogP contribution in [0.3, 0.4) is 0 Å². The Labute approximate surface area is 251 Å². The molecule has 2 bridgehead atoms. The predicted molar refractivity (Wildman–Crippen MR) is 166 cm³/mol. The maximum absolute atomic E-state index is 12.7. The number of imidazole rings is 1. The van der Waals surface area contributed by atoms with Crippen molar-refractivity contribution in [2.24, 2.45) is 0 Å². The van der Waals surface area contributed by atoms with E-state index in [-0.39, 0.29) is 12.1 Å². The van der Waals surface area contributed by atoms with E-state index in [2.05, 4.69) is 69.1 Å². The Morgan fingerprint density at radius 1 is 1.00 bits per heavy atom. The van der Waals surface area contributed by atoms with Gasteiger partial charge >= 0.3 is 6.09 Å². The van der Waals surface area contributed by atoms with E-state index in [1.807, 2.05) is 39.0 Å². The van der Waals surface area contributed by atoms with E-state index in [1.54, 1.807) is 0 Å². The molecule has 1 aromatic heterocycles. The van der Waals surface area contributed by atoms with Crippen LogP contribution in [0.5, 0.6) is 0 Å². The van der Waals surface area contributed by atoms with E-state index < -0.39 is 5.60 Å². The highest BCUT2D eigenvalue weighted by Crippen LogP contribution is 2.43. The summed E-state index contributed by atoms with van der Waals surface area (Å²) in [5.74, 6) is 1.19. The molecule has 42 heavy (non-hydrogen) atoms. The molecular weight excluding hydrogens is 522 g/mol. The van der Waals surface area contributed by atoms with Crippen LogP contribution in [0.15, 0.2) is 60.7 Å². The summed E-state index contributed by atoms with van der Waals surface area (Å²) in [5.41, 5.74) is 4.74. The number of alkyl carbamates (subject to hydrolysis) is 1. The van der Waals surface area contributed by atoms with E-state index in [4.69, 9.17) is 9.72 Å². The Kier molecular flexibility index (Phi) is 8.42. The van der Waals surface area contributed by atoms with E-state index in [0.29, 0.717) is 18.1 Å². The lowest BCUT2D eigenvalue weighted by atomic mass is 9.95. The first-order valence-electron chi connectivity index (χ1n) is 15.9. The largest absolute Gasteiger partial charge is 0.444 e. The Morgan fingerprint density at radius 2 is 1.67 bits per heavy atom. The van der Waals surface area contributed by atoms with Crippen molar-refractivity contribution in [1.82, 2.24) is 24.7 Å². The lowest BCUT2D eigenvalue weighted by Crippen LogP contribution is -2.45. The van der Waals surface area contributed by atoms with Crippen molar-refractivity contribution in [3.05, 3.63) is 89.0 Å². The number of rotatable bonds is 8. The Balaban J connectivity index is 1.10. The average Bonchev–Trinajstić information content (AvgIpc) is 3.40. The summed E-state index contributed by atoms with van der Waals surface area (Å²) in [4.78, 5) is 23.1. The molecule has 0 aliphatic carbocycles. The number of aryl methyl sites for hydroxylation is 1. The maximum Gasteiger partial charge on any atom is 0.408 e. The third-order valence-electron chi connectivity index (χ3n) is 9.35. The second kappa shape index (κ2) is 12.2. The number of piperidine rings is 1. The minimum Gasteiger partial charge on any atom is -0.444 e. The van der Waals surface area contributed by atoms with Gasteiger partial charge in [-0.15, -0.1) is 0 Å². The smallest absolute Gasteiger partial charge is 0.408 e. The maximum atomic E-state index is 12.7. The number of carbonyl (C=O) groups is 1. The second-order valence-electron chi connectivity index (χ2n) is 13.5. The Hall–Kier alpha value is -3.16. The van der Waals surface area contributed by atoms with Crippen molar-refractivity contribution >= 4 is 6.09 Å². The third kappa shape index (κ3) is 6.57. The highest BCUT2D eigenvalue weighted by molar-refractivity contribution is 5.68. The predicted octanol–water partition coefficient (Wildman–Crippen LogP) is 6.57. The van der Waals surface area contributed by atoms with Gasteiger partial charge < -0.3 is 14.6 Å². The number of benzene rings is 2. The molecule has 2 saturated heterocycles. The minimum atomic E-state index is -0.517. The normalized spacial score (nSPS) is 23.4. The summed E-state index contributed by atoms with van der Waals surface area (Å²) >= 11 is 0. The number of carbonyl (C=O) groups excluding carboxylic acids is 1. The Morgan fingerprint density at radius 3 is 2.33 bits per heavy atom. The molecule has 3 aliphatic rings. The summed E-state index contributed by atoms with van der Waals surface area (Å²) in [6, 6.07) is 22.7. The number of aromatic nitrogens is 2. The van der Waals surface area contributed by atoms with Crippen molar-refractivity contribution in [2.75, 3.05) is 13.1 Å². The van der Waals surface area contributed by atoms with Gasteiger partial charge in [-0.3, -0.25) is 9.80 Å². The van der Waals surface area contributed by atoms with Crippen molar-refractivity contribution in [2.45, 2.75) is 109 Å². The topological polar surface area (TPSA) is 62.6 Å². The molecule has 0 radical (unpaired) electrons. The molecule has 2 fully saturated rings. The van der Waals surface area contributed by atoms with Gasteiger partial charge in [-0.05, 0) is 70.9 Å². The number of hydrogen-bond acceptors (Lipinski definition) is 5. The quantitative estimate of drug-likeness (QED) is 0.332. The van der Waals surface area contributed by atoms with Crippen LogP contribution < -0.4 is 5.32 Å². The van der Waals surface area contributed by atoms with Crippen LogP contribution in [-0.4, -0.2) is 56.2 Å². The van der Waals surface area contributed by atoms with Crippen molar-refractivity contribution in [3.63, 3.8) is 0 Å². The molecule has 1 amide bonds. The van der Waals surface area contributed by atoms with E-state index in [9.17, 15) is 4.79 Å². The van der Waals surface area contributed by atoms with Crippen LogP contribution in [0.4, 0.5) is 4.79 Å². The molecule has 4 heterocycles. The van der Waals surface area contributed by atoms with Crippen molar-refractivity contribution in [1.29, 1.82) is 0 Å². The molecule has 1 N–H and O–H groups in total. The molecule has 7 heteroatoms. The number of fused-ring (bicyclic) bond motifs is 3. The molecule has 0 spiro atoms. The lowest BCUT2D eigenvalue weighted by Gasteiger charge is -2.41. The molecule has 224 valence electrons. The number of nitrogens with zero attached hydrogens (tertiary/aromatic N) is 4. The van der Waals surface area contributed by atoms with Gasteiger partial charge in [0.05, 0.1) is 11.7 Å². The van der Waals surface area contributed by atoms with Crippen LogP contribution in [0.2, 0.25) is 0 Å². The van der Waals surface area contributed by atoms with Gasteiger partial charge in [0.1, 0.15) is 11.4 Å². The molecule has 3 aliphatic heterocycles. The zero-order valence-corrected chi connectivity index (χ0v) is 25.8. The molecule has 7 nitrogen and oxygen atoms in total. The third-order valence-corrected chi connectivity index (χ3v) is 9.35. The lowest BCUT2D eigenvalue weighted by molar-refractivity contribution is 0.0488. The number of nitrogens with one attached hydrogen (secondary N) is 1. The van der Waals surface area contributed by atoms with E-state index >= 15 is 0 Å². The fourth-order valence-electron chi connectivity index (χ4n) is 7.61. The summed E-state index contributed by atoms with van der Waals surface area (Å²) in [6.45, 7) is 11.9. The van der Waals surface area contributed by atoms with Crippen molar-refractivity contribution in [3.8, 4) is 0 Å². The zero-order chi connectivity index (χ0) is 29.3. The van der Waals surface area contributed by atoms with Crippen LogP contribution in [0.1, 0.15) is 93.3 Å². The summed E-state index contributed by atoms with van der Waals surface area (Å²) < 4.78 is 8.23. The fraction of sp³-hybridized carbons (Fsp3) is 0.543. The van der Waals surface area contributed by atoms with Gasteiger partial charge in [-0.25, -0.2) is 9.78 Å². The summed E-state index contributed by atoms with van der Waals surface area (Å²) in [5, 5.41) is 3.17. The standard InChI is InChI=1S/C35H47N5O2/c1-25-36-32-24-38(23-26-11-7-5-8-12-26)19-18-33(32)40(25)30-21-28-15-16-29(22-30)39(28)20-17-31(27-13-9-6-10-14-27)37-34(41)42-35(2,3)4/h5-14,28-31H,15-24H2,1-4H3,(H,37,41)/t28?,29?,30?,31-/m0/s1. The van der Waals surface area contributed by atoms with Crippen LogP contribution >= 0.6 is 0 Å². The SMILES string of the molecule is Cc1nc2c(n1C1CC3CCC(C1)N3CC[C@H](NC(=O)OC(C)(C)C)c1ccccc1)CCN(Cc1ccccc1)C2. The van der Waals surface area contributed by atoms with Crippen LogP contribution in [-0.2, 0) is 24.2 Å². The highest BCUT2D eigenvalue weighted by Gasteiger charge is 2.42. The summed E-state index contributed by atoms with van der Waals surface area (Å²) in [7, 11) is 0. The van der Waals surface area contributed by atoms with Gasteiger partial charge in [-0.2, -0.15) is 0 Å². The fourth-order valence-corrected chi connectivity index (χ4v) is 7.61. The second-order valence-corrected chi connectivity index (χ2v) is 13.5. The zero-order valence-electron chi connectivity index (χ0n) is 25.8. The first kappa shape index (κ1) is 28.9. The highest BCUT2D eigenvalue weighted by atomic mass is 16.6. The number of hydrogen-bond donors (Lipinski definition) is 1. The molecule has 2 aromatic carbocycles. The number of ether oxygens (including phenoxy) is 1. The van der Waals surface area contributed by atoms with Crippen molar-refractivity contribution < 1.29 is 9.53 Å². The van der Waals surface area contributed by atoms with Gasteiger partial charge in [0.2, 0.25) is 0 Å². The monoisotopic (exact) mass is 569 g/mol. The first-order valence-corrected chi connectivity index (χ1v) is 15.9. The molecule has 6 rings (SSSR count). The average molecular weight is 570 g/mol. The molecule has 3 aromatic rings. The van der Waals surface area contributed by atoms with Gasteiger partial charge in [0.15, 0.2) is 0 Å². The summed E-state index contributed by atoms with van der Waals surface area (Å²) in [6.07, 6.45) is 6.49. The number of amides is 1. The van der Waals surface area contributed by atoms with Gasteiger partial charge in [0.25, 0.3) is 0 Å². The molecule has 3 atom stereocenters. The van der Waals surface area contributed by atoms with Crippen LogP contribution in [0, 0.1) is 6.92 Å². The molecular formula is C35H47N5O2. The molecule has 0 saturated carbocycles. The minimum absolute atomic E-state index is 0.0695. The van der Waals surface area contributed by atoms with Gasteiger partial charge in [-0.1, -0.05) is 60.7 Å². The first-order chi connectivity index (χ1) is 20.2.